The predicted molar refractivity (Wildman–Crippen MR) is 163 cm³/mol. The highest BCUT2D eigenvalue weighted by Crippen LogP contribution is 2.36. The molecule has 8 aromatic rings. The normalized spacial score (nSPS) is 11.6. The molecule has 0 radical (unpaired) electrons. The Morgan fingerprint density at radius 1 is 0.575 bits per heavy atom. The Morgan fingerprint density at radius 2 is 1.38 bits per heavy atom. The van der Waals surface area contributed by atoms with Gasteiger partial charge in [-0.3, -0.25) is 4.98 Å². The zero-order valence-corrected chi connectivity index (χ0v) is 21.9. The van der Waals surface area contributed by atoms with Crippen LogP contribution in [0.4, 0.5) is 0 Å². The lowest BCUT2D eigenvalue weighted by Crippen LogP contribution is -1.96. The topological polar surface area (TPSA) is 40.6 Å². The zero-order valence-electron chi connectivity index (χ0n) is 21.9. The van der Waals surface area contributed by atoms with Gasteiger partial charge < -0.3 is 13.7 Å². The summed E-state index contributed by atoms with van der Waals surface area (Å²) in [5, 5.41) is 2.45. The van der Waals surface area contributed by atoms with Crippen molar-refractivity contribution in [3.05, 3.63) is 134 Å². The van der Waals surface area contributed by atoms with Gasteiger partial charge in [-0.1, -0.05) is 54.6 Å². The highest BCUT2D eigenvalue weighted by molar-refractivity contribution is 6.10. The highest BCUT2D eigenvalue weighted by Gasteiger charge is 2.16. The third-order valence-electron chi connectivity index (χ3n) is 7.77. The monoisotopic (exact) mass is 515 g/mol. The molecular weight excluding hydrogens is 490 g/mol. The van der Waals surface area contributed by atoms with Gasteiger partial charge in [0.05, 0.1) is 39.6 Å². The summed E-state index contributed by atoms with van der Waals surface area (Å²) in [4.78, 5) is 9.76. The predicted octanol–water partition coefficient (Wildman–Crippen LogP) is 8.19. The molecule has 0 amide bonds. The fourth-order valence-electron chi connectivity index (χ4n) is 5.81. The van der Waals surface area contributed by atoms with Gasteiger partial charge in [0, 0.05) is 47.0 Å². The average Bonchev–Trinajstić information content (AvgIpc) is 3.74. The number of fused-ring (bicyclic) bond motifs is 4. The molecular formula is C35H25N5. The first-order chi connectivity index (χ1) is 19.7. The Morgan fingerprint density at radius 3 is 2.20 bits per heavy atom. The van der Waals surface area contributed by atoms with Crippen LogP contribution in [0.5, 0.6) is 0 Å². The molecule has 0 aliphatic rings. The summed E-state index contributed by atoms with van der Waals surface area (Å²) in [5.74, 6) is 0.959. The number of hydrogen-bond donors (Lipinski definition) is 0. The van der Waals surface area contributed by atoms with Crippen molar-refractivity contribution in [1.82, 2.24) is 23.7 Å². The lowest BCUT2D eigenvalue weighted by atomic mass is 10.1. The molecule has 4 aromatic heterocycles. The molecule has 0 aliphatic heterocycles. The molecule has 0 saturated heterocycles. The summed E-state index contributed by atoms with van der Waals surface area (Å²) in [5.41, 5.74) is 9.71. The lowest BCUT2D eigenvalue weighted by Gasteiger charge is -2.11. The average molecular weight is 516 g/mol. The van der Waals surface area contributed by atoms with Crippen molar-refractivity contribution in [3.8, 4) is 34.0 Å². The van der Waals surface area contributed by atoms with Crippen molar-refractivity contribution >= 4 is 32.8 Å². The van der Waals surface area contributed by atoms with E-state index < -0.39 is 0 Å². The van der Waals surface area contributed by atoms with Crippen LogP contribution in [0, 0.1) is 0 Å². The summed E-state index contributed by atoms with van der Waals surface area (Å²) in [6.45, 7) is 0. The quantitative estimate of drug-likeness (QED) is 0.237. The number of aryl methyl sites for hydroxylation is 1. The molecule has 0 unspecified atom stereocenters. The van der Waals surface area contributed by atoms with E-state index in [0.717, 1.165) is 50.6 Å². The first-order valence-electron chi connectivity index (χ1n) is 13.4. The van der Waals surface area contributed by atoms with Gasteiger partial charge in [-0.05, 0) is 60.7 Å². The first kappa shape index (κ1) is 22.6. The van der Waals surface area contributed by atoms with Gasteiger partial charge in [-0.25, -0.2) is 4.98 Å². The number of pyridine rings is 1. The Labute approximate surface area is 231 Å². The lowest BCUT2D eigenvalue weighted by molar-refractivity contribution is 0.959. The smallest absolute Gasteiger partial charge is 0.140 e. The third kappa shape index (κ3) is 3.48. The number of imidazole rings is 1. The first-order valence-corrected chi connectivity index (χ1v) is 13.4. The van der Waals surface area contributed by atoms with Gasteiger partial charge in [0.2, 0.25) is 0 Å². The number of hydrogen-bond acceptors (Lipinski definition) is 2. The van der Waals surface area contributed by atoms with Crippen molar-refractivity contribution in [2.75, 3.05) is 0 Å². The molecule has 0 bridgehead atoms. The number of aromatic nitrogens is 5. The molecule has 0 spiro atoms. The van der Waals surface area contributed by atoms with Crippen LogP contribution in [0.15, 0.2) is 134 Å². The summed E-state index contributed by atoms with van der Waals surface area (Å²) in [7, 11) is 2.09. The summed E-state index contributed by atoms with van der Waals surface area (Å²) in [6, 6.07) is 40.5. The summed E-state index contributed by atoms with van der Waals surface area (Å²) < 4.78 is 6.59. The minimum absolute atomic E-state index is 0.943. The molecule has 40 heavy (non-hydrogen) atoms. The second-order valence-corrected chi connectivity index (χ2v) is 10.1. The number of para-hydroxylation sites is 3. The molecule has 0 saturated carbocycles. The highest BCUT2D eigenvalue weighted by atomic mass is 15.1. The Bertz CT molecular complexity index is 2160. The van der Waals surface area contributed by atoms with Gasteiger partial charge in [-0.2, -0.15) is 0 Å². The van der Waals surface area contributed by atoms with E-state index in [1.807, 2.05) is 36.8 Å². The van der Waals surface area contributed by atoms with E-state index in [0.29, 0.717) is 0 Å². The summed E-state index contributed by atoms with van der Waals surface area (Å²) in [6.07, 6.45) is 5.98. The van der Waals surface area contributed by atoms with E-state index in [2.05, 4.69) is 118 Å². The number of rotatable bonds is 4. The SMILES string of the molecule is Cn1c(-c2ccc3c4ccccc4n(-c4cccc(-c5ccc(-n6cccc6)cn5)c4)c3c2)nc2ccccc21. The van der Waals surface area contributed by atoms with Gasteiger partial charge >= 0.3 is 0 Å². The van der Waals surface area contributed by atoms with Gasteiger partial charge in [0.15, 0.2) is 0 Å². The molecule has 0 aliphatic carbocycles. The molecule has 0 fully saturated rings. The van der Waals surface area contributed by atoms with Crippen LogP contribution < -0.4 is 0 Å². The van der Waals surface area contributed by atoms with Crippen molar-refractivity contribution < 1.29 is 0 Å². The molecule has 4 heterocycles. The van der Waals surface area contributed by atoms with Crippen LogP contribution in [0.1, 0.15) is 0 Å². The fraction of sp³-hybridized carbons (Fsp3) is 0.0286. The van der Waals surface area contributed by atoms with Crippen LogP contribution in [0.2, 0.25) is 0 Å². The van der Waals surface area contributed by atoms with Crippen molar-refractivity contribution in [2.24, 2.45) is 7.05 Å². The second-order valence-electron chi connectivity index (χ2n) is 10.1. The van der Waals surface area contributed by atoms with Crippen LogP contribution in [0.25, 0.3) is 66.9 Å². The van der Waals surface area contributed by atoms with Crippen LogP contribution in [-0.4, -0.2) is 23.7 Å². The fourth-order valence-corrected chi connectivity index (χ4v) is 5.81. The molecule has 0 N–H and O–H groups in total. The van der Waals surface area contributed by atoms with Gasteiger partial charge in [-0.15, -0.1) is 0 Å². The van der Waals surface area contributed by atoms with E-state index in [-0.39, 0.29) is 0 Å². The Hall–Kier alpha value is -5.42. The minimum Gasteiger partial charge on any atom is -0.327 e. The van der Waals surface area contributed by atoms with Gasteiger partial charge in [0.25, 0.3) is 0 Å². The number of nitrogens with zero attached hydrogens (tertiary/aromatic N) is 5. The maximum atomic E-state index is 4.97. The van der Waals surface area contributed by atoms with E-state index in [9.17, 15) is 0 Å². The molecule has 5 nitrogen and oxygen atoms in total. The van der Waals surface area contributed by atoms with E-state index in [1.165, 1.54) is 16.3 Å². The maximum absolute atomic E-state index is 4.97. The van der Waals surface area contributed by atoms with E-state index in [4.69, 9.17) is 9.97 Å². The van der Waals surface area contributed by atoms with Crippen LogP contribution in [0.3, 0.4) is 0 Å². The minimum atomic E-state index is 0.943. The third-order valence-corrected chi connectivity index (χ3v) is 7.77. The standard InChI is InChI=1S/C35H25N5/c1-38-33-14-5-3-12-31(33)37-35(38)25-15-17-29-28-11-2-4-13-32(28)40(34(29)22-25)26-10-8-9-24(21-26)30-18-16-27(23-36-30)39-19-6-7-20-39/h2-23H,1H3. The summed E-state index contributed by atoms with van der Waals surface area (Å²) >= 11 is 0. The largest absolute Gasteiger partial charge is 0.327 e. The molecule has 8 rings (SSSR count). The number of benzene rings is 4. The molecule has 4 aromatic carbocycles. The Balaban J connectivity index is 1.30. The van der Waals surface area contributed by atoms with Crippen molar-refractivity contribution in [2.45, 2.75) is 0 Å². The van der Waals surface area contributed by atoms with E-state index >= 15 is 0 Å². The van der Waals surface area contributed by atoms with Gasteiger partial charge in [0.1, 0.15) is 5.82 Å². The molecule has 5 heteroatoms. The van der Waals surface area contributed by atoms with Crippen LogP contribution in [-0.2, 0) is 7.05 Å². The maximum Gasteiger partial charge on any atom is 0.140 e. The molecule has 190 valence electrons. The molecule has 0 atom stereocenters. The Kier molecular flexibility index (Phi) is 4.97. The van der Waals surface area contributed by atoms with Crippen molar-refractivity contribution in [1.29, 1.82) is 0 Å². The van der Waals surface area contributed by atoms with E-state index in [1.54, 1.807) is 0 Å². The van der Waals surface area contributed by atoms with Crippen LogP contribution >= 0.6 is 0 Å². The zero-order chi connectivity index (χ0) is 26.6. The second kappa shape index (κ2) is 8.82. The van der Waals surface area contributed by atoms with Crippen molar-refractivity contribution in [3.63, 3.8) is 0 Å².